The van der Waals surface area contributed by atoms with Gasteiger partial charge in [-0.3, -0.25) is 4.90 Å². The van der Waals surface area contributed by atoms with Gasteiger partial charge >= 0.3 is 0 Å². The van der Waals surface area contributed by atoms with Gasteiger partial charge in [-0.2, -0.15) is 0 Å². The SMILES string of the molecule is CCCC1CCCN(CC2CNc3ccccc3O2)CC1. The topological polar surface area (TPSA) is 24.5 Å². The summed E-state index contributed by atoms with van der Waals surface area (Å²) in [5, 5.41) is 3.50. The van der Waals surface area contributed by atoms with E-state index in [4.69, 9.17) is 4.74 Å². The molecule has 2 aliphatic heterocycles. The molecular formula is C18H28N2O. The highest BCUT2D eigenvalue weighted by molar-refractivity contribution is 5.57. The van der Waals surface area contributed by atoms with E-state index >= 15 is 0 Å². The maximum Gasteiger partial charge on any atom is 0.142 e. The predicted molar refractivity (Wildman–Crippen MR) is 88.0 cm³/mol. The first kappa shape index (κ1) is 14.7. The van der Waals surface area contributed by atoms with Crippen molar-refractivity contribution in [3.63, 3.8) is 0 Å². The third-order valence-corrected chi connectivity index (χ3v) is 4.80. The van der Waals surface area contributed by atoms with Gasteiger partial charge in [-0.1, -0.05) is 31.9 Å². The second-order valence-electron chi connectivity index (χ2n) is 6.50. The molecule has 2 atom stereocenters. The highest BCUT2D eigenvalue weighted by Crippen LogP contribution is 2.29. The smallest absolute Gasteiger partial charge is 0.142 e. The summed E-state index contributed by atoms with van der Waals surface area (Å²) < 4.78 is 6.15. The number of anilines is 1. The fourth-order valence-corrected chi connectivity index (χ4v) is 3.65. The van der Waals surface area contributed by atoms with Gasteiger partial charge < -0.3 is 10.1 Å². The molecule has 2 unspecified atom stereocenters. The molecule has 3 nitrogen and oxygen atoms in total. The second kappa shape index (κ2) is 7.17. The lowest BCUT2D eigenvalue weighted by atomic mass is 9.96. The zero-order chi connectivity index (χ0) is 14.5. The quantitative estimate of drug-likeness (QED) is 0.913. The molecule has 0 spiro atoms. The number of para-hydroxylation sites is 2. The van der Waals surface area contributed by atoms with Crippen molar-refractivity contribution < 1.29 is 4.74 Å². The van der Waals surface area contributed by atoms with Gasteiger partial charge in [0.1, 0.15) is 11.9 Å². The molecule has 0 aromatic heterocycles. The predicted octanol–water partition coefficient (Wildman–Crippen LogP) is 3.76. The van der Waals surface area contributed by atoms with Crippen LogP contribution in [0.15, 0.2) is 24.3 Å². The third kappa shape index (κ3) is 3.91. The van der Waals surface area contributed by atoms with Crippen molar-refractivity contribution in [3.05, 3.63) is 24.3 Å². The monoisotopic (exact) mass is 288 g/mol. The van der Waals surface area contributed by atoms with Gasteiger partial charge in [0, 0.05) is 6.54 Å². The number of hydrogen-bond acceptors (Lipinski definition) is 3. The van der Waals surface area contributed by atoms with E-state index in [0.29, 0.717) is 0 Å². The first-order valence-electron chi connectivity index (χ1n) is 8.57. The van der Waals surface area contributed by atoms with E-state index in [0.717, 1.165) is 30.4 Å². The Morgan fingerprint density at radius 2 is 2.14 bits per heavy atom. The molecule has 1 fully saturated rings. The van der Waals surface area contributed by atoms with Crippen molar-refractivity contribution in [2.75, 3.05) is 31.5 Å². The van der Waals surface area contributed by atoms with Crippen LogP contribution in [0.5, 0.6) is 5.75 Å². The molecule has 21 heavy (non-hydrogen) atoms. The molecule has 2 aliphatic rings. The van der Waals surface area contributed by atoms with Crippen molar-refractivity contribution in [3.8, 4) is 5.75 Å². The van der Waals surface area contributed by atoms with Crippen molar-refractivity contribution >= 4 is 5.69 Å². The maximum atomic E-state index is 6.15. The molecular weight excluding hydrogens is 260 g/mol. The van der Waals surface area contributed by atoms with E-state index in [-0.39, 0.29) is 6.10 Å². The number of hydrogen-bond donors (Lipinski definition) is 1. The van der Waals surface area contributed by atoms with Crippen molar-refractivity contribution in [2.45, 2.75) is 45.1 Å². The van der Waals surface area contributed by atoms with Gasteiger partial charge in [0.2, 0.25) is 0 Å². The lowest BCUT2D eigenvalue weighted by molar-refractivity contribution is 0.137. The highest BCUT2D eigenvalue weighted by atomic mass is 16.5. The number of benzene rings is 1. The fourth-order valence-electron chi connectivity index (χ4n) is 3.65. The van der Waals surface area contributed by atoms with Gasteiger partial charge in [0.15, 0.2) is 0 Å². The van der Waals surface area contributed by atoms with E-state index in [2.05, 4.69) is 35.3 Å². The summed E-state index contributed by atoms with van der Waals surface area (Å²) in [4.78, 5) is 2.61. The molecule has 3 rings (SSSR count). The largest absolute Gasteiger partial charge is 0.485 e. The Bertz CT molecular complexity index is 449. The van der Waals surface area contributed by atoms with Crippen LogP contribution in [0.1, 0.15) is 39.0 Å². The molecule has 1 aromatic carbocycles. The van der Waals surface area contributed by atoms with Crippen molar-refractivity contribution in [2.24, 2.45) is 5.92 Å². The number of rotatable bonds is 4. The Morgan fingerprint density at radius 1 is 1.24 bits per heavy atom. The third-order valence-electron chi connectivity index (χ3n) is 4.80. The lowest BCUT2D eigenvalue weighted by Crippen LogP contribution is -2.42. The van der Waals surface area contributed by atoms with E-state index in [9.17, 15) is 0 Å². The van der Waals surface area contributed by atoms with Gasteiger partial charge in [-0.25, -0.2) is 0 Å². The molecule has 0 amide bonds. The Hall–Kier alpha value is -1.22. The van der Waals surface area contributed by atoms with E-state index in [1.54, 1.807) is 0 Å². The fraction of sp³-hybridized carbons (Fsp3) is 0.667. The zero-order valence-corrected chi connectivity index (χ0v) is 13.2. The maximum absolute atomic E-state index is 6.15. The van der Waals surface area contributed by atoms with Crippen LogP contribution in [0.4, 0.5) is 5.69 Å². The molecule has 0 radical (unpaired) electrons. The lowest BCUT2D eigenvalue weighted by Gasteiger charge is -2.31. The Balaban J connectivity index is 1.51. The van der Waals surface area contributed by atoms with Crippen molar-refractivity contribution in [1.29, 1.82) is 0 Å². The molecule has 116 valence electrons. The average Bonchev–Trinajstić information content (AvgIpc) is 2.73. The highest BCUT2D eigenvalue weighted by Gasteiger charge is 2.23. The number of ether oxygens (including phenoxy) is 1. The van der Waals surface area contributed by atoms with Crippen LogP contribution >= 0.6 is 0 Å². The minimum Gasteiger partial charge on any atom is -0.485 e. The van der Waals surface area contributed by atoms with Crippen LogP contribution in [0.25, 0.3) is 0 Å². The normalized spacial score (nSPS) is 26.3. The number of nitrogens with one attached hydrogen (secondary N) is 1. The minimum absolute atomic E-state index is 0.280. The molecule has 0 aliphatic carbocycles. The molecule has 3 heteroatoms. The summed E-state index contributed by atoms with van der Waals surface area (Å²) >= 11 is 0. The first-order valence-corrected chi connectivity index (χ1v) is 8.57. The average molecular weight is 288 g/mol. The van der Waals surface area contributed by atoms with Gasteiger partial charge in [0.05, 0.1) is 12.2 Å². The van der Waals surface area contributed by atoms with Crippen LogP contribution in [0, 0.1) is 5.92 Å². The summed E-state index contributed by atoms with van der Waals surface area (Å²) in [5.41, 5.74) is 1.13. The molecule has 2 heterocycles. The molecule has 0 bridgehead atoms. The number of likely N-dealkylation sites (tertiary alicyclic amines) is 1. The molecule has 0 saturated carbocycles. The number of nitrogens with zero attached hydrogens (tertiary/aromatic N) is 1. The Labute approximate surface area is 128 Å². The van der Waals surface area contributed by atoms with Crippen LogP contribution < -0.4 is 10.1 Å². The van der Waals surface area contributed by atoms with E-state index < -0.39 is 0 Å². The number of fused-ring (bicyclic) bond motifs is 1. The molecule has 1 aromatic rings. The minimum atomic E-state index is 0.280. The van der Waals surface area contributed by atoms with Crippen LogP contribution in [-0.4, -0.2) is 37.2 Å². The van der Waals surface area contributed by atoms with Crippen LogP contribution in [0.2, 0.25) is 0 Å². The molecule has 1 N–H and O–H groups in total. The van der Waals surface area contributed by atoms with Gasteiger partial charge in [-0.15, -0.1) is 0 Å². The summed E-state index contributed by atoms with van der Waals surface area (Å²) in [7, 11) is 0. The van der Waals surface area contributed by atoms with Crippen molar-refractivity contribution in [1.82, 2.24) is 4.90 Å². The zero-order valence-electron chi connectivity index (χ0n) is 13.2. The summed E-state index contributed by atoms with van der Waals surface area (Å²) in [6, 6.07) is 8.25. The van der Waals surface area contributed by atoms with E-state index in [1.165, 1.54) is 45.2 Å². The summed E-state index contributed by atoms with van der Waals surface area (Å²) in [5.74, 6) is 1.96. The Kier molecular flexibility index (Phi) is 5.02. The summed E-state index contributed by atoms with van der Waals surface area (Å²) in [6.07, 6.45) is 7.14. The Morgan fingerprint density at radius 3 is 3.05 bits per heavy atom. The first-order chi connectivity index (χ1) is 10.3. The van der Waals surface area contributed by atoms with E-state index in [1.807, 2.05) is 6.07 Å². The van der Waals surface area contributed by atoms with Crippen LogP contribution in [-0.2, 0) is 0 Å². The standard InChI is InChI=1S/C18H28N2O/c1-2-6-15-7-5-11-20(12-10-15)14-16-13-19-17-8-3-4-9-18(17)21-16/h3-4,8-9,15-16,19H,2,5-7,10-14H2,1H3. The van der Waals surface area contributed by atoms with Crippen LogP contribution in [0.3, 0.4) is 0 Å². The van der Waals surface area contributed by atoms with Gasteiger partial charge in [-0.05, 0) is 50.4 Å². The second-order valence-corrected chi connectivity index (χ2v) is 6.50. The van der Waals surface area contributed by atoms with Gasteiger partial charge in [0.25, 0.3) is 0 Å². The summed E-state index contributed by atoms with van der Waals surface area (Å²) in [6.45, 7) is 6.77. The molecule has 1 saturated heterocycles.